The third-order valence-electron chi connectivity index (χ3n) is 4.42. The van der Waals surface area contributed by atoms with Crippen LogP contribution in [-0.4, -0.2) is 44.3 Å². The summed E-state index contributed by atoms with van der Waals surface area (Å²) in [5.41, 5.74) is 0.191. The van der Waals surface area contributed by atoms with E-state index in [1.54, 1.807) is 18.2 Å². The third kappa shape index (κ3) is 4.01. The van der Waals surface area contributed by atoms with Gasteiger partial charge in [-0.2, -0.15) is 4.98 Å². The Labute approximate surface area is 159 Å². The van der Waals surface area contributed by atoms with Gasteiger partial charge in [-0.3, -0.25) is 4.79 Å². The van der Waals surface area contributed by atoms with Crippen molar-refractivity contribution >= 4 is 23.2 Å². The second kappa shape index (κ2) is 7.77. The molecule has 0 aliphatic carbocycles. The SMILES string of the molecule is O=C(Cn1nc2nc(Nc3ccc(F)cc3)ccn2c1=O)NC[C@@H]1CCCO1. The second-order valence-corrected chi connectivity index (χ2v) is 6.49. The molecular formula is C18H19FN6O3. The Hall–Kier alpha value is -3.27. The van der Waals surface area contributed by atoms with Gasteiger partial charge in [0.05, 0.1) is 6.10 Å². The molecule has 2 N–H and O–H groups in total. The van der Waals surface area contributed by atoms with E-state index in [-0.39, 0.29) is 30.2 Å². The fourth-order valence-electron chi connectivity index (χ4n) is 2.98. The summed E-state index contributed by atoms with van der Waals surface area (Å²) in [6.45, 7) is 0.937. The van der Waals surface area contributed by atoms with Gasteiger partial charge in [-0.25, -0.2) is 18.3 Å². The van der Waals surface area contributed by atoms with Gasteiger partial charge in [0, 0.05) is 25.0 Å². The molecule has 1 atom stereocenters. The topological polar surface area (TPSA) is 103 Å². The first-order valence-corrected chi connectivity index (χ1v) is 8.95. The number of amides is 1. The molecule has 0 spiro atoms. The molecule has 1 aliphatic heterocycles. The highest BCUT2D eigenvalue weighted by atomic mass is 19.1. The molecule has 1 aliphatic rings. The number of aromatic nitrogens is 4. The molecule has 0 saturated carbocycles. The van der Waals surface area contributed by atoms with E-state index in [0.29, 0.717) is 24.7 Å². The molecule has 3 aromatic rings. The van der Waals surface area contributed by atoms with Crippen molar-refractivity contribution in [2.75, 3.05) is 18.5 Å². The molecule has 146 valence electrons. The summed E-state index contributed by atoms with van der Waals surface area (Å²) >= 11 is 0. The molecule has 9 nitrogen and oxygen atoms in total. The van der Waals surface area contributed by atoms with E-state index < -0.39 is 5.69 Å². The average molecular weight is 386 g/mol. The maximum atomic E-state index is 13.0. The highest BCUT2D eigenvalue weighted by Crippen LogP contribution is 2.15. The summed E-state index contributed by atoms with van der Waals surface area (Å²) in [5, 5.41) is 9.88. The molecule has 0 bridgehead atoms. The summed E-state index contributed by atoms with van der Waals surface area (Å²) in [6.07, 6.45) is 3.46. The van der Waals surface area contributed by atoms with E-state index in [2.05, 4.69) is 20.7 Å². The van der Waals surface area contributed by atoms with Crippen molar-refractivity contribution in [1.82, 2.24) is 24.5 Å². The van der Waals surface area contributed by atoms with Gasteiger partial charge in [-0.15, -0.1) is 5.10 Å². The zero-order valence-corrected chi connectivity index (χ0v) is 15.0. The zero-order chi connectivity index (χ0) is 19.5. The van der Waals surface area contributed by atoms with Crippen molar-refractivity contribution in [2.45, 2.75) is 25.5 Å². The van der Waals surface area contributed by atoms with Crippen molar-refractivity contribution < 1.29 is 13.9 Å². The minimum absolute atomic E-state index is 0.0310. The van der Waals surface area contributed by atoms with E-state index in [1.165, 1.54) is 22.7 Å². The minimum Gasteiger partial charge on any atom is -0.376 e. The first-order valence-electron chi connectivity index (χ1n) is 8.95. The molecule has 3 heterocycles. The number of hydrogen-bond donors (Lipinski definition) is 2. The molecule has 1 aromatic carbocycles. The number of hydrogen-bond acceptors (Lipinski definition) is 6. The summed E-state index contributed by atoms with van der Waals surface area (Å²) in [6, 6.07) is 7.40. The van der Waals surface area contributed by atoms with Crippen molar-refractivity contribution in [3.05, 3.63) is 52.8 Å². The third-order valence-corrected chi connectivity index (χ3v) is 4.42. The Kier molecular flexibility index (Phi) is 5.02. The van der Waals surface area contributed by atoms with Crippen LogP contribution in [0.4, 0.5) is 15.9 Å². The zero-order valence-electron chi connectivity index (χ0n) is 15.0. The summed E-state index contributed by atoms with van der Waals surface area (Å²) < 4.78 is 20.8. The minimum atomic E-state index is -0.455. The van der Waals surface area contributed by atoms with E-state index >= 15 is 0 Å². The highest BCUT2D eigenvalue weighted by molar-refractivity contribution is 5.75. The van der Waals surface area contributed by atoms with Crippen LogP contribution < -0.4 is 16.3 Å². The fourth-order valence-corrected chi connectivity index (χ4v) is 2.98. The Morgan fingerprint density at radius 1 is 1.29 bits per heavy atom. The molecule has 10 heteroatoms. The molecule has 4 rings (SSSR count). The van der Waals surface area contributed by atoms with Crippen LogP contribution in [0.15, 0.2) is 41.3 Å². The van der Waals surface area contributed by atoms with Gasteiger partial charge >= 0.3 is 5.69 Å². The van der Waals surface area contributed by atoms with Gasteiger partial charge < -0.3 is 15.4 Å². The van der Waals surface area contributed by atoms with Crippen LogP contribution in [0, 0.1) is 5.82 Å². The Balaban J connectivity index is 1.45. The number of nitrogens with one attached hydrogen (secondary N) is 2. The molecule has 1 amide bonds. The number of nitrogens with zero attached hydrogens (tertiary/aromatic N) is 4. The lowest BCUT2D eigenvalue weighted by atomic mass is 10.2. The number of rotatable bonds is 6. The average Bonchev–Trinajstić information content (AvgIpc) is 3.31. The van der Waals surface area contributed by atoms with Crippen molar-refractivity contribution in [3.63, 3.8) is 0 Å². The van der Waals surface area contributed by atoms with Gasteiger partial charge in [0.1, 0.15) is 18.2 Å². The van der Waals surface area contributed by atoms with E-state index in [1.807, 2.05) is 0 Å². The van der Waals surface area contributed by atoms with Gasteiger partial charge in [0.25, 0.3) is 5.78 Å². The number of ether oxygens (including phenoxy) is 1. The standard InChI is InChI=1S/C18H19FN6O3/c19-12-3-5-13(6-4-12)21-15-7-8-24-17(22-15)23-25(18(24)27)11-16(26)20-10-14-2-1-9-28-14/h3-8,14H,1-2,9-11H2,(H,20,26)(H,21,22,23)/t14-/m0/s1. The predicted molar refractivity (Wildman–Crippen MR) is 98.9 cm³/mol. The van der Waals surface area contributed by atoms with Crippen molar-refractivity contribution in [3.8, 4) is 0 Å². The van der Waals surface area contributed by atoms with E-state index in [4.69, 9.17) is 4.74 Å². The Bertz CT molecular complexity index is 1040. The Morgan fingerprint density at radius 2 is 2.11 bits per heavy atom. The maximum absolute atomic E-state index is 13.0. The number of anilines is 2. The van der Waals surface area contributed by atoms with Crippen molar-refractivity contribution in [2.24, 2.45) is 0 Å². The van der Waals surface area contributed by atoms with E-state index in [0.717, 1.165) is 17.5 Å². The van der Waals surface area contributed by atoms with Crippen LogP contribution in [-0.2, 0) is 16.1 Å². The van der Waals surface area contributed by atoms with Gasteiger partial charge in [0.2, 0.25) is 5.91 Å². The lowest BCUT2D eigenvalue weighted by molar-refractivity contribution is -0.122. The highest BCUT2D eigenvalue weighted by Gasteiger charge is 2.17. The molecular weight excluding hydrogens is 367 g/mol. The van der Waals surface area contributed by atoms with Crippen LogP contribution in [0.1, 0.15) is 12.8 Å². The van der Waals surface area contributed by atoms with Crippen LogP contribution in [0.5, 0.6) is 0 Å². The largest absolute Gasteiger partial charge is 0.376 e. The van der Waals surface area contributed by atoms with E-state index in [9.17, 15) is 14.0 Å². The van der Waals surface area contributed by atoms with Crippen LogP contribution in [0.3, 0.4) is 0 Å². The molecule has 0 radical (unpaired) electrons. The second-order valence-electron chi connectivity index (χ2n) is 6.49. The predicted octanol–water partition coefficient (Wildman–Crippen LogP) is 1.07. The lowest BCUT2D eigenvalue weighted by Crippen LogP contribution is -2.36. The van der Waals surface area contributed by atoms with Gasteiger partial charge in [-0.1, -0.05) is 0 Å². The maximum Gasteiger partial charge on any atom is 0.352 e. The normalized spacial score (nSPS) is 16.4. The van der Waals surface area contributed by atoms with Gasteiger partial charge in [0.15, 0.2) is 0 Å². The van der Waals surface area contributed by atoms with Crippen LogP contribution in [0.2, 0.25) is 0 Å². The quantitative estimate of drug-likeness (QED) is 0.657. The molecule has 1 saturated heterocycles. The molecule has 2 aromatic heterocycles. The number of carbonyl (C=O) groups is 1. The Morgan fingerprint density at radius 3 is 2.86 bits per heavy atom. The number of carbonyl (C=O) groups excluding carboxylic acids is 1. The summed E-state index contributed by atoms with van der Waals surface area (Å²) in [7, 11) is 0. The fraction of sp³-hybridized carbons (Fsp3) is 0.333. The molecule has 1 fully saturated rings. The first kappa shape index (κ1) is 18.1. The van der Waals surface area contributed by atoms with Gasteiger partial charge in [-0.05, 0) is 43.2 Å². The summed E-state index contributed by atoms with van der Waals surface area (Å²) in [4.78, 5) is 28.7. The molecule has 0 unspecified atom stereocenters. The molecule has 28 heavy (non-hydrogen) atoms. The monoisotopic (exact) mass is 386 g/mol. The summed E-state index contributed by atoms with van der Waals surface area (Å²) in [5.74, 6) is -0.0502. The number of halogens is 1. The van der Waals surface area contributed by atoms with Crippen molar-refractivity contribution in [1.29, 1.82) is 0 Å². The smallest absolute Gasteiger partial charge is 0.352 e. The lowest BCUT2D eigenvalue weighted by Gasteiger charge is -2.10. The van der Waals surface area contributed by atoms with Crippen LogP contribution in [0.25, 0.3) is 5.78 Å². The first-order chi connectivity index (χ1) is 13.6. The van der Waals surface area contributed by atoms with Crippen LogP contribution >= 0.6 is 0 Å². The number of fused-ring (bicyclic) bond motifs is 1. The number of benzene rings is 1.